The highest BCUT2D eigenvalue weighted by Crippen LogP contribution is 2.22. The van der Waals surface area contributed by atoms with Crippen molar-refractivity contribution >= 4 is 11.7 Å². The third-order valence-corrected chi connectivity index (χ3v) is 3.93. The Kier molecular flexibility index (Phi) is 8.71. The smallest absolute Gasteiger partial charge is 0.407 e. The van der Waals surface area contributed by atoms with Gasteiger partial charge in [0.15, 0.2) is 0 Å². The van der Waals surface area contributed by atoms with E-state index in [0.29, 0.717) is 6.42 Å². The number of amides is 1. The first-order valence-corrected chi connectivity index (χ1v) is 9.86. The van der Waals surface area contributed by atoms with Gasteiger partial charge in [0, 0.05) is 12.5 Å². The van der Waals surface area contributed by atoms with E-state index in [1.54, 1.807) is 0 Å². The molecule has 1 aromatic carbocycles. The van der Waals surface area contributed by atoms with Crippen LogP contribution in [0.3, 0.4) is 0 Å². The lowest BCUT2D eigenvalue weighted by atomic mass is 10.0. The maximum atomic E-state index is 12.2. The fourth-order valence-corrected chi connectivity index (χ4v) is 2.79. The highest BCUT2D eigenvalue weighted by atomic mass is 17.2. The lowest BCUT2D eigenvalue weighted by Gasteiger charge is -2.30. The molecule has 1 rings (SSSR count). The molecule has 1 amide bonds. The van der Waals surface area contributed by atoms with Gasteiger partial charge in [-0.05, 0) is 72.9 Å². The van der Waals surface area contributed by atoms with E-state index in [9.17, 15) is 4.79 Å². The second-order valence-electron chi connectivity index (χ2n) is 9.19. The van der Waals surface area contributed by atoms with Crippen LogP contribution in [0, 0.1) is 0 Å². The molecule has 0 fully saturated rings. The van der Waals surface area contributed by atoms with Gasteiger partial charge in [0.25, 0.3) is 0 Å². The summed E-state index contributed by atoms with van der Waals surface area (Å²) in [6.45, 7) is 19.4. The number of rotatable bonds is 9. The number of hydrogen-bond acceptors (Lipinski definition) is 4. The fraction of sp³-hybridized carbons (Fsp3) is 0.609. The normalized spacial score (nSPS) is 14.3. The van der Waals surface area contributed by atoms with Crippen molar-refractivity contribution in [1.29, 1.82) is 0 Å². The molecular formula is C23H37NO4. The predicted molar refractivity (Wildman–Crippen MR) is 114 cm³/mol. The van der Waals surface area contributed by atoms with E-state index in [1.165, 1.54) is 0 Å². The Bertz CT molecular complexity index is 661. The lowest BCUT2D eigenvalue weighted by molar-refractivity contribution is -0.399. The molecule has 0 saturated heterocycles. The molecule has 0 heterocycles. The molecule has 0 bridgehead atoms. The predicted octanol–water partition coefficient (Wildman–Crippen LogP) is 5.68. The van der Waals surface area contributed by atoms with Crippen molar-refractivity contribution in [2.75, 3.05) is 0 Å². The van der Waals surface area contributed by atoms with Gasteiger partial charge in [0.05, 0.1) is 5.60 Å². The summed E-state index contributed by atoms with van der Waals surface area (Å²) in [4.78, 5) is 23.1. The standard InChI is InChI=1S/C23H37NO4/c1-16(2)20-12-10-11-19(14-20)13-17(3)24-21(25)26-18(4)15-23(8,9)28-27-22(5,6)7/h10-12,14,17-18H,1,13,15H2,2-9H3,(H,24,25). The Balaban J connectivity index is 2.48. The molecule has 5 heteroatoms. The maximum Gasteiger partial charge on any atom is 0.407 e. The third-order valence-electron chi connectivity index (χ3n) is 3.93. The van der Waals surface area contributed by atoms with Gasteiger partial charge >= 0.3 is 6.09 Å². The summed E-state index contributed by atoms with van der Waals surface area (Å²) in [6, 6.07) is 8.15. The van der Waals surface area contributed by atoms with Gasteiger partial charge in [0.2, 0.25) is 0 Å². The number of hydrogen-bond donors (Lipinski definition) is 1. The number of carbonyl (C=O) groups is 1. The molecule has 0 aliphatic carbocycles. The molecule has 2 atom stereocenters. The molecule has 158 valence electrons. The van der Waals surface area contributed by atoms with E-state index in [0.717, 1.165) is 23.1 Å². The second kappa shape index (κ2) is 10.1. The number of allylic oxidation sites excluding steroid dienone is 1. The number of carbonyl (C=O) groups excluding carboxylic acids is 1. The van der Waals surface area contributed by atoms with Gasteiger partial charge in [-0.3, -0.25) is 0 Å². The summed E-state index contributed by atoms with van der Waals surface area (Å²) in [6.07, 6.45) is 0.505. The second-order valence-corrected chi connectivity index (χ2v) is 9.19. The first kappa shape index (κ1) is 24.2. The average Bonchev–Trinajstić information content (AvgIpc) is 2.51. The van der Waals surface area contributed by atoms with Gasteiger partial charge in [0.1, 0.15) is 11.7 Å². The monoisotopic (exact) mass is 391 g/mol. The van der Waals surface area contributed by atoms with Gasteiger partial charge < -0.3 is 10.1 Å². The summed E-state index contributed by atoms with van der Waals surface area (Å²) in [5, 5.41) is 2.89. The number of nitrogens with one attached hydrogen (secondary N) is 1. The summed E-state index contributed by atoms with van der Waals surface area (Å²) in [7, 11) is 0. The number of benzene rings is 1. The van der Waals surface area contributed by atoms with Gasteiger partial charge in [-0.15, -0.1) is 0 Å². The van der Waals surface area contributed by atoms with Crippen molar-refractivity contribution in [2.24, 2.45) is 0 Å². The van der Waals surface area contributed by atoms with Crippen molar-refractivity contribution in [1.82, 2.24) is 5.32 Å². The highest BCUT2D eigenvalue weighted by Gasteiger charge is 2.28. The maximum absolute atomic E-state index is 12.2. The van der Waals surface area contributed by atoms with Crippen LogP contribution in [0.5, 0.6) is 0 Å². The molecule has 0 aliphatic heterocycles. The largest absolute Gasteiger partial charge is 0.446 e. The van der Waals surface area contributed by atoms with E-state index < -0.39 is 17.3 Å². The van der Waals surface area contributed by atoms with E-state index >= 15 is 0 Å². The Morgan fingerprint density at radius 2 is 1.79 bits per heavy atom. The SMILES string of the molecule is C=C(C)c1cccc(CC(C)NC(=O)OC(C)CC(C)(C)OOC(C)(C)C)c1. The average molecular weight is 392 g/mol. The van der Waals surface area contributed by atoms with E-state index in [4.69, 9.17) is 14.5 Å². The molecule has 1 N–H and O–H groups in total. The first-order valence-electron chi connectivity index (χ1n) is 9.86. The molecule has 28 heavy (non-hydrogen) atoms. The van der Waals surface area contributed by atoms with Crippen LogP contribution in [0.25, 0.3) is 5.57 Å². The lowest BCUT2D eigenvalue weighted by Crippen LogP contribution is -2.39. The van der Waals surface area contributed by atoms with Crippen LogP contribution < -0.4 is 5.32 Å². The van der Waals surface area contributed by atoms with Crippen molar-refractivity contribution in [3.05, 3.63) is 42.0 Å². The van der Waals surface area contributed by atoms with E-state index in [-0.39, 0.29) is 12.1 Å². The van der Waals surface area contributed by atoms with Gasteiger partial charge in [-0.2, -0.15) is 0 Å². The molecule has 1 aromatic rings. The van der Waals surface area contributed by atoms with Crippen molar-refractivity contribution in [3.63, 3.8) is 0 Å². The molecular weight excluding hydrogens is 354 g/mol. The van der Waals surface area contributed by atoms with Gasteiger partial charge in [-0.25, -0.2) is 14.6 Å². The Morgan fingerprint density at radius 1 is 1.14 bits per heavy atom. The van der Waals surface area contributed by atoms with Crippen molar-refractivity contribution in [2.45, 2.75) is 91.6 Å². The van der Waals surface area contributed by atoms with Crippen LogP contribution in [-0.2, 0) is 20.9 Å². The zero-order chi connectivity index (χ0) is 21.5. The topological polar surface area (TPSA) is 56.8 Å². The molecule has 0 radical (unpaired) electrons. The summed E-state index contributed by atoms with van der Waals surface area (Å²) in [5.74, 6) is 0. The minimum absolute atomic E-state index is 0.0476. The van der Waals surface area contributed by atoms with Crippen LogP contribution in [0.4, 0.5) is 4.79 Å². The zero-order valence-corrected chi connectivity index (χ0v) is 18.7. The zero-order valence-electron chi connectivity index (χ0n) is 18.7. The Morgan fingerprint density at radius 3 is 2.36 bits per heavy atom. The number of alkyl carbamates (subject to hydrolysis) is 1. The van der Waals surface area contributed by atoms with Crippen molar-refractivity contribution < 1.29 is 19.3 Å². The summed E-state index contributed by atoms with van der Waals surface area (Å²) < 4.78 is 5.49. The third kappa shape index (κ3) is 9.90. The summed E-state index contributed by atoms with van der Waals surface area (Å²) >= 11 is 0. The quantitative estimate of drug-likeness (QED) is 0.434. The minimum Gasteiger partial charge on any atom is -0.446 e. The minimum atomic E-state index is -0.568. The molecule has 0 aliphatic rings. The molecule has 0 saturated carbocycles. The first-order chi connectivity index (χ1) is 12.8. The van der Waals surface area contributed by atoms with E-state index in [2.05, 4.69) is 18.0 Å². The van der Waals surface area contributed by atoms with Crippen molar-refractivity contribution in [3.8, 4) is 0 Å². The van der Waals surface area contributed by atoms with Crippen LogP contribution in [0.2, 0.25) is 0 Å². The molecule has 0 spiro atoms. The fourth-order valence-electron chi connectivity index (χ4n) is 2.79. The molecule has 2 unspecified atom stereocenters. The van der Waals surface area contributed by atoms with Crippen LogP contribution in [-0.4, -0.2) is 29.4 Å². The Hall–Kier alpha value is -1.85. The highest BCUT2D eigenvalue weighted by molar-refractivity contribution is 5.67. The van der Waals surface area contributed by atoms with E-state index in [1.807, 2.05) is 73.6 Å². The Labute approximate surface area is 170 Å². The van der Waals surface area contributed by atoms with Crippen LogP contribution in [0.15, 0.2) is 30.8 Å². The van der Waals surface area contributed by atoms with Gasteiger partial charge in [-0.1, -0.05) is 36.4 Å². The molecule has 5 nitrogen and oxygen atoms in total. The van der Waals surface area contributed by atoms with Crippen LogP contribution in [0.1, 0.15) is 72.9 Å². The van der Waals surface area contributed by atoms with Crippen LogP contribution >= 0.6 is 0 Å². The number of ether oxygens (including phenoxy) is 1. The summed E-state index contributed by atoms with van der Waals surface area (Å²) in [5.41, 5.74) is 2.32. The molecule has 0 aromatic heterocycles.